The summed E-state index contributed by atoms with van der Waals surface area (Å²) < 4.78 is 0. The number of hydrogen-bond acceptors (Lipinski definition) is 3. The SMILES string of the molecule is CC(C)(C)c1ccc2c(c1)B1c3ccccc3N(c3ccc(C(C)(C)C)cc3-c3ccccc3)c3cc(N4c5ccccc5C5(C)CCCCCC45C)cc(c31)N2c1ccc(C(C)(C)C)cc1-c1ccccc1. The molecule has 0 amide bonds. The molecule has 3 nitrogen and oxygen atoms in total. The Balaban J connectivity index is 1.24. The van der Waals surface area contributed by atoms with Crippen LogP contribution < -0.4 is 31.1 Å². The second-order valence-electron chi connectivity index (χ2n) is 25.3. The summed E-state index contributed by atoms with van der Waals surface area (Å²) in [5.41, 5.74) is 24.0. The fourth-order valence-corrected chi connectivity index (χ4v) is 13.4. The standard InChI is InChI=1S/C69H72BN3/c1-65(2,3)48-33-36-57(52(41-48)46-25-15-12-16-26-46)71-60-32-22-20-30-55(60)70-56-43-50(67(7,8)9)35-38-61(56)72(58-37-34-49(66(4,5)6)42-53(58)47-27-17-13-18-28-47)63-45-51(44-62(71)64(63)70)73-59-31-21-19-29-54(59)68(10)39-23-14-24-40-69(68,73)11/h12-13,15-22,25-38,41-45H,14,23-24,39-40H2,1-11H3. The van der Waals surface area contributed by atoms with E-state index in [0.717, 1.165) is 6.42 Å². The van der Waals surface area contributed by atoms with Gasteiger partial charge in [-0.3, -0.25) is 0 Å². The molecule has 0 aromatic heterocycles. The van der Waals surface area contributed by atoms with Gasteiger partial charge < -0.3 is 14.7 Å². The Morgan fingerprint density at radius 3 is 1.40 bits per heavy atom. The summed E-state index contributed by atoms with van der Waals surface area (Å²) in [7, 11) is 0. The van der Waals surface area contributed by atoms with Crippen molar-refractivity contribution in [3.05, 3.63) is 198 Å². The number of fused-ring (bicyclic) bond motifs is 7. The zero-order valence-electron chi connectivity index (χ0n) is 45.2. The number of benzene rings is 8. The molecule has 0 radical (unpaired) electrons. The van der Waals surface area contributed by atoms with Crippen LogP contribution in [0, 0.1) is 0 Å². The highest BCUT2D eigenvalue weighted by atomic mass is 15.3. The molecule has 3 aliphatic heterocycles. The van der Waals surface area contributed by atoms with Gasteiger partial charge in [0.2, 0.25) is 0 Å². The van der Waals surface area contributed by atoms with Gasteiger partial charge in [-0.2, -0.15) is 0 Å². The molecule has 8 aromatic rings. The number of para-hydroxylation sites is 2. The van der Waals surface area contributed by atoms with Crippen LogP contribution in [0.1, 0.15) is 131 Å². The molecule has 73 heavy (non-hydrogen) atoms. The lowest BCUT2D eigenvalue weighted by Gasteiger charge is -2.49. The van der Waals surface area contributed by atoms with Gasteiger partial charge in [-0.1, -0.05) is 210 Å². The predicted molar refractivity (Wildman–Crippen MR) is 315 cm³/mol. The minimum Gasteiger partial charge on any atom is -0.334 e. The number of rotatable bonds is 5. The molecule has 0 bridgehead atoms. The van der Waals surface area contributed by atoms with Gasteiger partial charge in [0.05, 0.1) is 16.9 Å². The number of nitrogens with zero attached hydrogens (tertiary/aromatic N) is 3. The van der Waals surface area contributed by atoms with E-state index in [0.29, 0.717) is 0 Å². The van der Waals surface area contributed by atoms with Gasteiger partial charge in [-0.15, -0.1) is 0 Å². The van der Waals surface area contributed by atoms with Crippen LogP contribution in [-0.4, -0.2) is 12.3 Å². The maximum Gasteiger partial charge on any atom is 0.252 e. The van der Waals surface area contributed by atoms with E-state index in [2.05, 4.69) is 267 Å². The molecule has 2 atom stereocenters. The molecule has 4 aliphatic rings. The second kappa shape index (κ2) is 16.9. The first kappa shape index (κ1) is 47.2. The summed E-state index contributed by atoms with van der Waals surface area (Å²) in [6.07, 6.45) is 6.03. The lowest BCUT2D eigenvalue weighted by Crippen LogP contribution is -2.61. The van der Waals surface area contributed by atoms with Crippen molar-refractivity contribution in [2.24, 2.45) is 0 Å². The van der Waals surface area contributed by atoms with Crippen LogP contribution in [0.15, 0.2) is 176 Å². The van der Waals surface area contributed by atoms with Crippen molar-refractivity contribution >= 4 is 68.6 Å². The summed E-state index contributed by atoms with van der Waals surface area (Å²) in [6.45, 7) is 26.3. The van der Waals surface area contributed by atoms with Crippen molar-refractivity contribution in [1.82, 2.24) is 0 Å². The van der Waals surface area contributed by atoms with E-state index in [4.69, 9.17) is 0 Å². The molecule has 0 saturated heterocycles. The monoisotopic (exact) mass is 954 g/mol. The Bertz CT molecular complexity index is 3430. The molecule has 8 aromatic carbocycles. The van der Waals surface area contributed by atoms with Crippen molar-refractivity contribution in [3.63, 3.8) is 0 Å². The van der Waals surface area contributed by atoms with Gasteiger partial charge in [0.15, 0.2) is 0 Å². The molecule has 3 heterocycles. The molecule has 0 N–H and O–H groups in total. The molecule has 1 saturated carbocycles. The van der Waals surface area contributed by atoms with Gasteiger partial charge in [-0.05, 0) is 140 Å². The van der Waals surface area contributed by atoms with E-state index >= 15 is 0 Å². The smallest absolute Gasteiger partial charge is 0.252 e. The van der Waals surface area contributed by atoms with Crippen molar-refractivity contribution in [1.29, 1.82) is 0 Å². The van der Waals surface area contributed by atoms with Crippen LogP contribution in [0.4, 0.5) is 45.5 Å². The average molecular weight is 954 g/mol. The molecule has 1 fully saturated rings. The second-order valence-corrected chi connectivity index (χ2v) is 25.3. The van der Waals surface area contributed by atoms with Gasteiger partial charge >= 0.3 is 0 Å². The molecule has 4 heteroatoms. The van der Waals surface area contributed by atoms with Crippen LogP contribution in [-0.2, 0) is 21.7 Å². The zero-order chi connectivity index (χ0) is 50.8. The largest absolute Gasteiger partial charge is 0.334 e. The molecule has 0 spiro atoms. The van der Waals surface area contributed by atoms with E-state index in [1.807, 2.05) is 0 Å². The third kappa shape index (κ3) is 7.44. The molecule has 366 valence electrons. The van der Waals surface area contributed by atoms with E-state index in [1.54, 1.807) is 0 Å². The first-order valence-corrected chi connectivity index (χ1v) is 27.2. The van der Waals surface area contributed by atoms with E-state index in [-0.39, 0.29) is 33.9 Å². The third-order valence-corrected chi connectivity index (χ3v) is 17.7. The van der Waals surface area contributed by atoms with Crippen LogP contribution in [0.25, 0.3) is 22.3 Å². The Morgan fingerprint density at radius 2 is 0.849 bits per heavy atom. The van der Waals surface area contributed by atoms with E-state index < -0.39 is 0 Å². The summed E-state index contributed by atoms with van der Waals surface area (Å²) in [4.78, 5) is 8.16. The quantitative estimate of drug-likeness (QED) is 0.159. The van der Waals surface area contributed by atoms with Crippen molar-refractivity contribution < 1.29 is 0 Å². The van der Waals surface area contributed by atoms with Gasteiger partial charge in [0, 0.05) is 50.7 Å². The number of anilines is 8. The summed E-state index contributed by atoms with van der Waals surface area (Å²) in [6, 6.07) is 68.3. The molecular formula is C69H72BN3. The highest BCUT2D eigenvalue weighted by molar-refractivity contribution is 7.00. The van der Waals surface area contributed by atoms with Crippen LogP contribution in [0.5, 0.6) is 0 Å². The molecular weight excluding hydrogens is 882 g/mol. The lowest BCUT2D eigenvalue weighted by molar-refractivity contribution is 0.261. The Kier molecular flexibility index (Phi) is 10.9. The first-order valence-electron chi connectivity index (χ1n) is 27.2. The van der Waals surface area contributed by atoms with Crippen LogP contribution in [0.3, 0.4) is 0 Å². The van der Waals surface area contributed by atoms with Gasteiger partial charge in [-0.25, -0.2) is 0 Å². The molecule has 1 aliphatic carbocycles. The maximum absolute atomic E-state index is 2.82. The number of hydrogen-bond donors (Lipinski definition) is 0. The van der Waals surface area contributed by atoms with Crippen molar-refractivity contribution in [2.75, 3.05) is 14.7 Å². The Morgan fingerprint density at radius 1 is 0.397 bits per heavy atom. The summed E-state index contributed by atoms with van der Waals surface area (Å²) >= 11 is 0. The molecule has 12 rings (SSSR count). The minimum absolute atomic E-state index is 0.0207. The Labute approximate surface area is 437 Å². The Hall–Kier alpha value is -6.78. The minimum atomic E-state index is -0.156. The topological polar surface area (TPSA) is 9.72 Å². The average Bonchev–Trinajstić information content (AvgIpc) is 3.44. The third-order valence-electron chi connectivity index (χ3n) is 17.7. The highest BCUT2D eigenvalue weighted by Crippen LogP contribution is 2.61. The lowest BCUT2D eigenvalue weighted by atomic mass is 9.33. The van der Waals surface area contributed by atoms with E-state index in [9.17, 15) is 0 Å². The van der Waals surface area contributed by atoms with Gasteiger partial charge in [0.25, 0.3) is 6.71 Å². The summed E-state index contributed by atoms with van der Waals surface area (Å²) in [5.74, 6) is 0. The van der Waals surface area contributed by atoms with Crippen LogP contribution >= 0.6 is 0 Å². The fraction of sp³-hybridized carbons (Fsp3) is 0.304. The van der Waals surface area contributed by atoms with E-state index in [1.165, 1.54) is 132 Å². The highest BCUT2D eigenvalue weighted by Gasteiger charge is 2.57. The van der Waals surface area contributed by atoms with Crippen molar-refractivity contribution in [3.8, 4) is 22.3 Å². The zero-order valence-corrected chi connectivity index (χ0v) is 45.2. The normalized spacial score (nSPS) is 19.2. The maximum atomic E-state index is 2.82. The van der Waals surface area contributed by atoms with Gasteiger partial charge in [0.1, 0.15) is 0 Å². The van der Waals surface area contributed by atoms with Crippen LogP contribution in [0.2, 0.25) is 0 Å². The summed E-state index contributed by atoms with van der Waals surface area (Å²) in [5, 5.41) is 0. The molecule has 2 unspecified atom stereocenters. The van der Waals surface area contributed by atoms with Crippen molar-refractivity contribution in [2.45, 2.75) is 135 Å². The first-order chi connectivity index (χ1) is 34.9. The fourth-order valence-electron chi connectivity index (χ4n) is 13.4. The predicted octanol–water partition coefficient (Wildman–Crippen LogP) is 17.1.